The first-order chi connectivity index (χ1) is 12.7. The maximum atomic E-state index is 13.5. The van der Waals surface area contributed by atoms with E-state index in [4.69, 9.17) is 4.74 Å². The van der Waals surface area contributed by atoms with E-state index in [-0.39, 0.29) is 11.9 Å². The number of methoxy groups -OCH3 is 1. The SMILES string of the molecule is COc1cccc(CN2CCCn3cccc3C2c2ccc(F)cc2)c1. The minimum atomic E-state index is -0.197. The molecular weight excluding hydrogens is 327 g/mol. The molecule has 0 saturated carbocycles. The van der Waals surface area contributed by atoms with Gasteiger partial charge in [-0.2, -0.15) is 0 Å². The molecule has 0 N–H and O–H groups in total. The zero-order valence-corrected chi connectivity index (χ0v) is 14.9. The molecule has 134 valence electrons. The Kier molecular flexibility index (Phi) is 4.76. The minimum Gasteiger partial charge on any atom is -0.497 e. The molecule has 0 aliphatic carbocycles. The van der Waals surface area contributed by atoms with Gasteiger partial charge in [0.15, 0.2) is 0 Å². The Morgan fingerprint density at radius 2 is 1.88 bits per heavy atom. The zero-order chi connectivity index (χ0) is 17.9. The van der Waals surface area contributed by atoms with Crippen molar-refractivity contribution in [1.29, 1.82) is 0 Å². The van der Waals surface area contributed by atoms with E-state index in [0.717, 1.165) is 37.4 Å². The molecule has 0 amide bonds. The number of hydrogen-bond acceptors (Lipinski definition) is 2. The van der Waals surface area contributed by atoms with Gasteiger partial charge in [0.05, 0.1) is 13.2 Å². The van der Waals surface area contributed by atoms with Crippen LogP contribution in [0.2, 0.25) is 0 Å². The number of benzene rings is 2. The third-order valence-corrected chi connectivity index (χ3v) is 5.06. The first-order valence-electron chi connectivity index (χ1n) is 9.02. The molecule has 0 saturated heterocycles. The van der Waals surface area contributed by atoms with Crippen molar-refractivity contribution in [2.24, 2.45) is 0 Å². The molecule has 0 bridgehead atoms. The normalized spacial score (nSPS) is 17.5. The van der Waals surface area contributed by atoms with Gasteiger partial charge < -0.3 is 9.30 Å². The van der Waals surface area contributed by atoms with Crippen molar-refractivity contribution in [3.8, 4) is 5.75 Å². The predicted molar refractivity (Wildman–Crippen MR) is 101 cm³/mol. The highest BCUT2D eigenvalue weighted by Gasteiger charge is 2.27. The molecule has 4 heteroatoms. The third kappa shape index (κ3) is 3.37. The molecule has 2 heterocycles. The Morgan fingerprint density at radius 1 is 1.04 bits per heavy atom. The van der Waals surface area contributed by atoms with Crippen molar-refractivity contribution >= 4 is 0 Å². The van der Waals surface area contributed by atoms with E-state index in [0.29, 0.717) is 0 Å². The zero-order valence-electron chi connectivity index (χ0n) is 14.9. The fraction of sp³-hybridized carbons (Fsp3) is 0.273. The lowest BCUT2D eigenvalue weighted by Gasteiger charge is -2.30. The molecule has 4 rings (SSSR count). The van der Waals surface area contributed by atoms with E-state index in [1.807, 2.05) is 24.3 Å². The highest BCUT2D eigenvalue weighted by Crippen LogP contribution is 2.33. The molecule has 1 aliphatic heterocycles. The minimum absolute atomic E-state index is 0.110. The van der Waals surface area contributed by atoms with Crippen molar-refractivity contribution in [1.82, 2.24) is 9.47 Å². The molecular formula is C22H23FN2O. The summed E-state index contributed by atoms with van der Waals surface area (Å²) in [6.07, 6.45) is 3.23. The van der Waals surface area contributed by atoms with E-state index in [9.17, 15) is 4.39 Å². The Bertz CT molecular complexity index is 872. The predicted octanol–water partition coefficient (Wildman–Crippen LogP) is 4.63. The summed E-state index contributed by atoms with van der Waals surface area (Å²) in [6.45, 7) is 2.82. The highest BCUT2D eigenvalue weighted by molar-refractivity contribution is 5.32. The Morgan fingerprint density at radius 3 is 2.69 bits per heavy atom. The number of ether oxygens (including phenoxy) is 1. The number of nitrogens with zero attached hydrogens (tertiary/aromatic N) is 2. The Labute approximate surface area is 153 Å². The Balaban J connectivity index is 1.72. The summed E-state index contributed by atoms with van der Waals surface area (Å²) in [5, 5.41) is 0. The average Bonchev–Trinajstić information content (AvgIpc) is 3.05. The summed E-state index contributed by atoms with van der Waals surface area (Å²) in [5.41, 5.74) is 3.60. The molecule has 26 heavy (non-hydrogen) atoms. The maximum Gasteiger partial charge on any atom is 0.123 e. The molecule has 1 aromatic heterocycles. The number of halogens is 1. The van der Waals surface area contributed by atoms with Gasteiger partial charge in [0.2, 0.25) is 0 Å². The molecule has 1 unspecified atom stereocenters. The number of hydrogen-bond donors (Lipinski definition) is 0. The second-order valence-corrected chi connectivity index (χ2v) is 6.76. The lowest BCUT2D eigenvalue weighted by molar-refractivity contribution is 0.220. The smallest absolute Gasteiger partial charge is 0.123 e. The van der Waals surface area contributed by atoms with Crippen LogP contribution in [0.4, 0.5) is 4.39 Å². The fourth-order valence-corrected chi connectivity index (χ4v) is 3.84. The quantitative estimate of drug-likeness (QED) is 0.682. The van der Waals surface area contributed by atoms with Crippen LogP contribution in [0.15, 0.2) is 66.9 Å². The maximum absolute atomic E-state index is 13.5. The van der Waals surface area contributed by atoms with Crippen LogP contribution in [0.25, 0.3) is 0 Å². The van der Waals surface area contributed by atoms with Crippen LogP contribution in [0.1, 0.15) is 29.3 Å². The van der Waals surface area contributed by atoms with Crippen LogP contribution in [0.3, 0.4) is 0 Å². The van der Waals surface area contributed by atoms with E-state index in [1.54, 1.807) is 19.2 Å². The first-order valence-corrected chi connectivity index (χ1v) is 9.02. The largest absolute Gasteiger partial charge is 0.497 e. The van der Waals surface area contributed by atoms with Gasteiger partial charge in [-0.15, -0.1) is 0 Å². The molecule has 0 spiro atoms. The van der Waals surface area contributed by atoms with Crippen molar-refractivity contribution in [2.75, 3.05) is 13.7 Å². The van der Waals surface area contributed by atoms with E-state index < -0.39 is 0 Å². The molecule has 1 aliphatic rings. The summed E-state index contributed by atoms with van der Waals surface area (Å²) < 4.78 is 21.2. The second-order valence-electron chi connectivity index (χ2n) is 6.76. The van der Waals surface area contributed by atoms with Crippen molar-refractivity contribution in [2.45, 2.75) is 25.6 Å². The molecule has 0 radical (unpaired) electrons. The van der Waals surface area contributed by atoms with Crippen LogP contribution in [0, 0.1) is 5.82 Å². The van der Waals surface area contributed by atoms with Crippen molar-refractivity contribution < 1.29 is 9.13 Å². The molecule has 3 nitrogen and oxygen atoms in total. The van der Waals surface area contributed by atoms with Crippen LogP contribution in [-0.4, -0.2) is 23.1 Å². The highest BCUT2D eigenvalue weighted by atomic mass is 19.1. The Hall–Kier alpha value is -2.59. The van der Waals surface area contributed by atoms with Crippen LogP contribution in [0.5, 0.6) is 5.75 Å². The average molecular weight is 350 g/mol. The third-order valence-electron chi connectivity index (χ3n) is 5.06. The second kappa shape index (κ2) is 7.34. The molecule has 3 aromatic rings. The number of rotatable bonds is 4. The lowest BCUT2D eigenvalue weighted by Crippen LogP contribution is -2.29. The van der Waals surface area contributed by atoms with Gasteiger partial charge >= 0.3 is 0 Å². The van der Waals surface area contributed by atoms with Crippen LogP contribution < -0.4 is 4.74 Å². The van der Waals surface area contributed by atoms with E-state index in [2.05, 4.69) is 39.9 Å². The monoisotopic (exact) mass is 350 g/mol. The van der Waals surface area contributed by atoms with Crippen molar-refractivity contribution in [3.63, 3.8) is 0 Å². The summed E-state index contributed by atoms with van der Waals surface area (Å²) in [6, 6.07) is 19.5. The summed E-state index contributed by atoms with van der Waals surface area (Å²) in [7, 11) is 1.69. The van der Waals surface area contributed by atoms with Gasteiger partial charge in [0, 0.05) is 31.5 Å². The molecule has 2 aromatic carbocycles. The van der Waals surface area contributed by atoms with Gasteiger partial charge in [-0.1, -0.05) is 24.3 Å². The molecule has 1 atom stereocenters. The van der Waals surface area contributed by atoms with Gasteiger partial charge in [0.1, 0.15) is 11.6 Å². The lowest BCUT2D eigenvalue weighted by atomic mass is 10.0. The molecule has 0 fully saturated rings. The van der Waals surface area contributed by atoms with Gasteiger partial charge in [0.25, 0.3) is 0 Å². The first kappa shape index (κ1) is 16.9. The van der Waals surface area contributed by atoms with Gasteiger partial charge in [-0.3, -0.25) is 4.90 Å². The van der Waals surface area contributed by atoms with E-state index >= 15 is 0 Å². The summed E-state index contributed by atoms with van der Waals surface area (Å²) in [4.78, 5) is 2.47. The van der Waals surface area contributed by atoms with Crippen LogP contribution in [-0.2, 0) is 13.1 Å². The topological polar surface area (TPSA) is 17.4 Å². The van der Waals surface area contributed by atoms with E-state index in [1.165, 1.54) is 11.3 Å². The van der Waals surface area contributed by atoms with Crippen molar-refractivity contribution in [3.05, 3.63) is 89.5 Å². The summed E-state index contributed by atoms with van der Waals surface area (Å²) in [5.74, 6) is 0.677. The number of aryl methyl sites for hydroxylation is 1. The standard InChI is InChI=1S/C22H23FN2O/c1-26-20-6-2-5-17(15-20)16-25-14-4-13-24-12-3-7-21(24)22(25)18-8-10-19(23)11-9-18/h2-3,5-12,15,22H,4,13-14,16H2,1H3. The number of aromatic nitrogens is 1. The summed E-state index contributed by atoms with van der Waals surface area (Å²) >= 11 is 0. The van der Waals surface area contributed by atoms with Gasteiger partial charge in [-0.25, -0.2) is 4.39 Å². The van der Waals surface area contributed by atoms with Crippen LogP contribution >= 0.6 is 0 Å². The number of fused-ring (bicyclic) bond motifs is 1. The van der Waals surface area contributed by atoms with Gasteiger partial charge in [-0.05, 0) is 53.9 Å². The fourth-order valence-electron chi connectivity index (χ4n) is 3.84.